The highest BCUT2D eigenvalue weighted by atomic mass is 32.2. The van der Waals surface area contributed by atoms with Crippen molar-refractivity contribution in [3.63, 3.8) is 0 Å². The molecule has 0 radical (unpaired) electrons. The molecule has 3 aromatic rings. The van der Waals surface area contributed by atoms with Gasteiger partial charge in [0.05, 0.1) is 36.5 Å². The van der Waals surface area contributed by atoms with Crippen LogP contribution in [0.2, 0.25) is 0 Å². The van der Waals surface area contributed by atoms with Gasteiger partial charge in [-0.15, -0.1) is 0 Å². The highest BCUT2D eigenvalue weighted by Crippen LogP contribution is 2.33. The van der Waals surface area contributed by atoms with Gasteiger partial charge >= 0.3 is 0 Å². The van der Waals surface area contributed by atoms with Crippen LogP contribution in [0.25, 0.3) is 11.1 Å². The summed E-state index contributed by atoms with van der Waals surface area (Å²) in [6.07, 6.45) is 0.242. The summed E-state index contributed by atoms with van der Waals surface area (Å²) in [5, 5.41) is 0.997. The fraction of sp³-hybridized carbons (Fsp3) is 0.286. The zero-order valence-corrected chi connectivity index (χ0v) is 23.7. The van der Waals surface area contributed by atoms with Gasteiger partial charge in [-0.05, 0) is 47.0 Å². The van der Waals surface area contributed by atoms with E-state index in [1.54, 1.807) is 12.1 Å². The van der Waals surface area contributed by atoms with E-state index in [9.17, 15) is 30.4 Å². The minimum absolute atomic E-state index is 0.125. The summed E-state index contributed by atoms with van der Waals surface area (Å²) in [6, 6.07) is 8.96. The first kappa shape index (κ1) is 29.7. The fourth-order valence-corrected chi connectivity index (χ4v) is 7.26. The molecule has 5 rings (SSSR count). The van der Waals surface area contributed by atoms with Gasteiger partial charge in [0.2, 0.25) is 5.88 Å². The maximum atomic E-state index is 15.7. The van der Waals surface area contributed by atoms with Gasteiger partial charge in [-0.3, -0.25) is 4.79 Å². The zero-order valence-electron chi connectivity index (χ0n) is 22.1. The lowest BCUT2D eigenvalue weighted by Gasteiger charge is -2.35. The Balaban J connectivity index is 1.53. The molecule has 222 valence electrons. The molecule has 2 aromatic carbocycles. The van der Waals surface area contributed by atoms with Crippen LogP contribution >= 0.6 is 0 Å². The second-order valence-corrected chi connectivity index (χ2v) is 14.1. The number of carbonyl (C=O) groups excluding carboxylic acids is 1. The first-order chi connectivity index (χ1) is 19.8. The number of nitrogens with zero attached hydrogens (tertiary/aromatic N) is 2. The van der Waals surface area contributed by atoms with Crippen molar-refractivity contribution in [3.05, 3.63) is 94.8 Å². The fourth-order valence-electron chi connectivity index (χ4n) is 4.77. The summed E-state index contributed by atoms with van der Waals surface area (Å²) in [4.78, 5) is 19.4. The van der Waals surface area contributed by atoms with Gasteiger partial charge in [0.25, 0.3) is 5.91 Å². The predicted molar refractivity (Wildman–Crippen MR) is 146 cm³/mol. The molecule has 1 fully saturated rings. The normalized spacial score (nSPS) is 19.7. The van der Waals surface area contributed by atoms with Crippen LogP contribution < -0.4 is 4.74 Å². The van der Waals surface area contributed by atoms with Gasteiger partial charge in [0.1, 0.15) is 5.82 Å². The maximum Gasteiger partial charge on any atom is 0.257 e. The summed E-state index contributed by atoms with van der Waals surface area (Å²) in [5.74, 6) is -4.82. The van der Waals surface area contributed by atoms with Crippen LogP contribution in [0.5, 0.6) is 5.88 Å². The second-order valence-electron chi connectivity index (χ2n) is 9.98. The molecule has 2 atom stereocenters. The number of carbonyl (C=O) groups is 1. The summed E-state index contributed by atoms with van der Waals surface area (Å²) >= 11 is 0. The van der Waals surface area contributed by atoms with Crippen LogP contribution in [-0.2, 0) is 35.8 Å². The maximum absolute atomic E-state index is 15.7. The topological polar surface area (TPSA) is 120 Å². The van der Waals surface area contributed by atoms with Crippen molar-refractivity contribution in [2.45, 2.75) is 24.8 Å². The molecule has 14 heteroatoms. The SMILES string of the molecule is COc1cc(CN(C(=O)C(OC2CS(=O)(=O)C2)c2ccc(-c3ccc(F)c(F)c3)cc2F)C2C=CS(=O)(=O)C2)ccn1. The molecule has 1 aromatic heterocycles. The van der Waals surface area contributed by atoms with Crippen LogP contribution in [-0.4, -0.2) is 69.1 Å². The first-order valence-electron chi connectivity index (χ1n) is 12.7. The molecule has 2 aliphatic rings. The van der Waals surface area contributed by atoms with Gasteiger partial charge in [-0.1, -0.05) is 18.2 Å². The standard InChI is InChI=1S/C28H25F3N2O7S2/c1-39-26-10-17(6-8-32-26)13-33(20-7-9-41(35,36)14-20)28(34)27(40-21-15-42(37,38)16-21)22-4-2-18(11-24(22)30)19-3-5-23(29)25(31)12-19/h2-12,20-21,27H,13-16H2,1H3. The van der Waals surface area contributed by atoms with Crippen LogP contribution in [0.1, 0.15) is 17.2 Å². The Labute approximate surface area is 240 Å². The number of ether oxygens (including phenoxy) is 2. The summed E-state index contributed by atoms with van der Waals surface area (Å²) < 4.78 is 102. The molecular weight excluding hydrogens is 597 g/mol. The van der Waals surface area contributed by atoms with E-state index < -0.39 is 67.0 Å². The number of halogens is 3. The number of methoxy groups -OCH3 is 1. The average molecular weight is 623 g/mol. The highest BCUT2D eigenvalue weighted by Gasteiger charge is 2.41. The van der Waals surface area contributed by atoms with Crippen LogP contribution in [0.4, 0.5) is 13.2 Å². The Kier molecular flexibility index (Phi) is 8.14. The molecule has 0 aliphatic carbocycles. The molecule has 0 N–H and O–H groups in total. The van der Waals surface area contributed by atoms with Crippen LogP contribution in [0.15, 0.2) is 66.2 Å². The molecular formula is C28H25F3N2O7S2. The summed E-state index contributed by atoms with van der Waals surface area (Å²) in [6.45, 7) is -0.125. The first-order valence-corrected chi connectivity index (χ1v) is 16.2. The van der Waals surface area contributed by atoms with E-state index in [1.165, 1.54) is 42.5 Å². The van der Waals surface area contributed by atoms with Crippen molar-refractivity contribution < 1.29 is 44.3 Å². The Morgan fingerprint density at radius 2 is 1.64 bits per heavy atom. The van der Waals surface area contributed by atoms with E-state index in [-0.39, 0.29) is 40.6 Å². The number of rotatable bonds is 9. The monoisotopic (exact) mass is 622 g/mol. The third-order valence-electron chi connectivity index (χ3n) is 6.92. The molecule has 2 unspecified atom stereocenters. The second kappa shape index (κ2) is 11.5. The summed E-state index contributed by atoms with van der Waals surface area (Å²) in [5.41, 5.74) is 0.672. The number of amides is 1. The van der Waals surface area contributed by atoms with Gasteiger partial charge in [0, 0.05) is 29.8 Å². The van der Waals surface area contributed by atoms with Crippen molar-refractivity contribution in [2.24, 2.45) is 0 Å². The van der Waals surface area contributed by atoms with E-state index in [0.717, 1.165) is 23.6 Å². The minimum Gasteiger partial charge on any atom is -0.481 e. The smallest absolute Gasteiger partial charge is 0.257 e. The largest absolute Gasteiger partial charge is 0.481 e. The van der Waals surface area contributed by atoms with E-state index in [1.807, 2.05) is 0 Å². The predicted octanol–water partition coefficient (Wildman–Crippen LogP) is 3.37. The molecule has 9 nitrogen and oxygen atoms in total. The van der Waals surface area contributed by atoms with Crippen molar-refractivity contribution in [1.82, 2.24) is 9.88 Å². The lowest BCUT2D eigenvalue weighted by molar-refractivity contribution is -0.149. The van der Waals surface area contributed by atoms with Crippen molar-refractivity contribution in [2.75, 3.05) is 24.4 Å². The lowest BCUT2D eigenvalue weighted by atomic mass is 9.99. The Hall–Kier alpha value is -3.75. The average Bonchev–Trinajstić information content (AvgIpc) is 3.29. The molecule has 0 saturated carbocycles. The third kappa shape index (κ3) is 6.50. The summed E-state index contributed by atoms with van der Waals surface area (Å²) in [7, 11) is -5.58. The molecule has 1 saturated heterocycles. The Morgan fingerprint density at radius 3 is 2.24 bits per heavy atom. The van der Waals surface area contributed by atoms with Gasteiger partial charge in [0.15, 0.2) is 37.4 Å². The molecule has 42 heavy (non-hydrogen) atoms. The number of benzene rings is 2. The number of pyridine rings is 1. The number of hydrogen-bond donors (Lipinski definition) is 0. The van der Waals surface area contributed by atoms with E-state index in [4.69, 9.17) is 9.47 Å². The number of sulfone groups is 2. The van der Waals surface area contributed by atoms with Crippen molar-refractivity contribution in [1.29, 1.82) is 0 Å². The van der Waals surface area contributed by atoms with Gasteiger partial charge in [-0.25, -0.2) is 35.0 Å². The quantitative estimate of drug-likeness (QED) is 0.357. The molecule has 0 bridgehead atoms. The van der Waals surface area contributed by atoms with Crippen molar-refractivity contribution >= 4 is 25.6 Å². The molecule has 3 heterocycles. The zero-order chi connectivity index (χ0) is 30.2. The van der Waals surface area contributed by atoms with Crippen molar-refractivity contribution in [3.8, 4) is 17.0 Å². The van der Waals surface area contributed by atoms with Gasteiger partial charge in [-0.2, -0.15) is 0 Å². The van der Waals surface area contributed by atoms with E-state index in [2.05, 4.69) is 4.98 Å². The lowest BCUT2D eigenvalue weighted by Crippen LogP contribution is -2.48. The molecule has 1 amide bonds. The number of aromatic nitrogens is 1. The molecule has 0 spiro atoms. The Morgan fingerprint density at radius 1 is 0.952 bits per heavy atom. The highest BCUT2D eigenvalue weighted by molar-refractivity contribution is 7.94. The van der Waals surface area contributed by atoms with E-state index in [0.29, 0.717) is 5.56 Å². The Bertz CT molecular complexity index is 1770. The molecule has 2 aliphatic heterocycles. The van der Waals surface area contributed by atoms with Gasteiger partial charge < -0.3 is 14.4 Å². The van der Waals surface area contributed by atoms with Crippen LogP contribution in [0, 0.1) is 17.5 Å². The van der Waals surface area contributed by atoms with Crippen LogP contribution in [0.3, 0.4) is 0 Å². The number of hydrogen-bond acceptors (Lipinski definition) is 8. The minimum atomic E-state index is -3.62. The van der Waals surface area contributed by atoms with E-state index >= 15 is 4.39 Å². The third-order valence-corrected chi connectivity index (χ3v) is 10.1.